The monoisotopic (exact) mass is 459 g/mol. The average Bonchev–Trinajstić information content (AvgIpc) is 3.47. The second-order valence-electron chi connectivity index (χ2n) is 9.38. The fourth-order valence-electron chi connectivity index (χ4n) is 4.81. The van der Waals surface area contributed by atoms with Crippen molar-refractivity contribution in [3.8, 4) is 28.4 Å². The van der Waals surface area contributed by atoms with Crippen LogP contribution in [0.15, 0.2) is 42.6 Å². The molecular formula is C27H30FN5O. The number of aryl methyl sites for hydroxylation is 1. The summed E-state index contributed by atoms with van der Waals surface area (Å²) in [6.45, 7) is 9.54. The molecule has 0 unspecified atom stereocenters. The standard InChI is InChI=1S/C27H30FN5O/c1-4-17-13-19(34)5-6-20(17)21-7-8-22-25(24(21)28)31-32-26(22)27-29-14-23(30-27)18-9-11-33(12-10-18)15-16(2)3/h5-9,13-14,16,34H,4,10-12,15H2,1-3H3,(H,29,30)(H,31,32). The number of phenolic OH excluding ortho intramolecular Hbond substituents is 1. The SMILES string of the molecule is CCc1cc(O)ccc1-c1ccc2c(-c3nc(C4=CCN(CC(C)C)CC4)c[nH]3)n[nH]c2c1F. The van der Waals surface area contributed by atoms with Gasteiger partial charge in [-0.3, -0.25) is 10.00 Å². The maximum absolute atomic E-state index is 15.5. The van der Waals surface area contributed by atoms with Gasteiger partial charge in [-0.15, -0.1) is 0 Å². The number of fused-ring (bicyclic) bond motifs is 1. The van der Waals surface area contributed by atoms with Gasteiger partial charge in [-0.2, -0.15) is 5.10 Å². The lowest BCUT2D eigenvalue weighted by atomic mass is 9.96. The van der Waals surface area contributed by atoms with E-state index in [1.165, 1.54) is 5.57 Å². The third-order valence-electron chi connectivity index (χ3n) is 6.48. The second kappa shape index (κ2) is 9.06. The molecular weight excluding hydrogens is 429 g/mol. The van der Waals surface area contributed by atoms with Crippen LogP contribution in [-0.2, 0) is 6.42 Å². The first-order valence-electron chi connectivity index (χ1n) is 11.9. The van der Waals surface area contributed by atoms with Crippen LogP contribution in [0.4, 0.5) is 4.39 Å². The van der Waals surface area contributed by atoms with Crippen molar-refractivity contribution in [3.63, 3.8) is 0 Å². The summed E-state index contributed by atoms with van der Waals surface area (Å²) >= 11 is 0. The van der Waals surface area contributed by atoms with E-state index in [2.05, 4.69) is 40.0 Å². The van der Waals surface area contributed by atoms with Gasteiger partial charge in [-0.1, -0.05) is 39.0 Å². The number of phenols is 1. The summed E-state index contributed by atoms with van der Waals surface area (Å²) in [7, 11) is 0. The van der Waals surface area contributed by atoms with Crippen molar-refractivity contribution < 1.29 is 9.50 Å². The lowest BCUT2D eigenvalue weighted by molar-refractivity contribution is 0.268. The van der Waals surface area contributed by atoms with E-state index in [0.29, 0.717) is 40.3 Å². The van der Waals surface area contributed by atoms with E-state index < -0.39 is 0 Å². The molecule has 7 heteroatoms. The van der Waals surface area contributed by atoms with Gasteiger partial charge < -0.3 is 10.1 Å². The molecule has 0 bridgehead atoms. The molecule has 2 aromatic carbocycles. The van der Waals surface area contributed by atoms with Crippen LogP contribution in [0.5, 0.6) is 5.75 Å². The normalized spacial score (nSPS) is 14.8. The van der Waals surface area contributed by atoms with Gasteiger partial charge in [-0.25, -0.2) is 9.37 Å². The maximum Gasteiger partial charge on any atom is 0.159 e. The molecule has 5 rings (SSSR count). The fourth-order valence-corrected chi connectivity index (χ4v) is 4.81. The zero-order chi connectivity index (χ0) is 23.8. The Labute approximate surface area is 198 Å². The lowest BCUT2D eigenvalue weighted by Gasteiger charge is -2.27. The Bertz CT molecular complexity index is 1370. The molecule has 1 aliphatic rings. The van der Waals surface area contributed by atoms with Crippen molar-refractivity contribution in [2.24, 2.45) is 5.92 Å². The average molecular weight is 460 g/mol. The number of aromatic nitrogens is 4. The van der Waals surface area contributed by atoms with Crippen LogP contribution in [0.2, 0.25) is 0 Å². The molecule has 0 saturated heterocycles. The van der Waals surface area contributed by atoms with E-state index in [-0.39, 0.29) is 11.6 Å². The van der Waals surface area contributed by atoms with E-state index in [1.54, 1.807) is 24.3 Å². The smallest absolute Gasteiger partial charge is 0.159 e. The van der Waals surface area contributed by atoms with Crippen molar-refractivity contribution in [1.29, 1.82) is 0 Å². The second-order valence-corrected chi connectivity index (χ2v) is 9.38. The van der Waals surface area contributed by atoms with Gasteiger partial charge in [0, 0.05) is 36.8 Å². The Hall–Kier alpha value is -3.45. The molecule has 3 N–H and O–H groups in total. The van der Waals surface area contributed by atoms with Gasteiger partial charge in [-0.05, 0) is 53.7 Å². The van der Waals surface area contributed by atoms with Crippen molar-refractivity contribution in [2.45, 2.75) is 33.6 Å². The minimum Gasteiger partial charge on any atom is -0.508 e. The fraction of sp³-hybridized carbons (Fsp3) is 0.333. The zero-order valence-corrected chi connectivity index (χ0v) is 19.8. The number of halogens is 1. The highest BCUT2D eigenvalue weighted by Crippen LogP contribution is 2.35. The molecule has 0 aliphatic carbocycles. The number of imidazole rings is 1. The number of nitrogens with zero attached hydrogens (tertiary/aromatic N) is 3. The summed E-state index contributed by atoms with van der Waals surface area (Å²) in [5.74, 6) is 1.10. The molecule has 0 spiro atoms. The molecule has 0 amide bonds. The molecule has 2 aromatic heterocycles. The molecule has 6 nitrogen and oxygen atoms in total. The Morgan fingerprint density at radius 1 is 1.18 bits per heavy atom. The van der Waals surface area contributed by atoms with E-state index in [0.717, 1.165) is 42.9 Å². The van der Waals surface area contributed by atoms with Crippen LogP contribution >= 0.6 is 0 Å². The summed E-state index contributed by atoms with van der Waals surface area (Å²) in [6, 6.07) is 8.69. The van der Waals surface area contributed by atoms with Gasteiger partial charge in [0.1, 0.15) is 17.0 Å². The molecule has 0 saturated carbocycles. The largest absolute Gasteiger partial charge is 0.508 e. The number of hydrogen-bond acceptors (Lipinski definition) is 4. The highest BCUT2D eigenvalue weighted by Gasteiger charge is 2.20. The van der Waals surface area contributed by atoms with Crippen LogP contribution in [0, 0.1) is 11.7 Å². The van der Waals surface area contributed by atoms with E-state index in [9.17, 15) is 5.11 Å². The summed E-state index contributed by atoms with van der Waals surface area (Å²) in [6.07, 6.45) is 5.82. The highest BCUT2D eigenvalue weighted by atomic mass is 19.1. The van der Waals surface area contributed by atoms with Crippen molar-refractivity contribution in [2.75, 3.05) is 19.6 Å². The van der Waals surface area contributed by atoms with Gasteiger partial charge in [0.15, 0.2) is 11.6 Å². The molecule has 0 radical (unpaired) electrons. The number of benzene rings is 2. The number of hydrogen-bond donors (Lipinski definition) is 3. The van der Waals surface area contributed by atoms with E-state index in [4.69, 9.17) is 4.98 Å². The number of aromatic hydroxyl groups is 1. The number of rotatable bonds is 6. The third kappa shape index (κ3) is 4.12. The molecule has 1 aliphatic heterocycles. The first-order chi connectivity index (χ1) is 16.4. The maximum atomic E-state index is 15.5. The topological polar surface area (TPSA) is 80.8 Å². The summed E-state index contributed by atoms with van der Waals surface area (Å²) in [5.41, 5.74) is 5.25. The predicted molar refractivity (Wildman–Crippen MR) is 134 cm³/mol. The highest BCUT2D eigenvalue weighted by molar-refractivity contribution is 5.94. The summed E-state index contributed by atoms with van der Waals surface area (Å²) in [5, 5.41) is 17.7. The predicted octanol–water partition coefficient (Wildman–Crippen LogP) is 5.77. The van der Waals surface area contributed by atoms with Gasteiger partial charge in [0.25, 0.3) is 0 Å². The zero-order valence-electron chi connectivity index (χ0n) is 19.8. The van der Waals surface area contributed by atoms with E-state index >= 15 is 4.39 Å². The van der Waals surface area contributed by atoms with Gasteiger partial charge >= 0.3 is 0 Å². The van der Waals surface area contributed by atoms with Crippen LogP contribution in [-0.4, -0.2) is 49.8 Å². The molecule has 4 aromatic rings. The number of nitrogens with one attached hydrogen (secondary N) is 2. The Kier molecular flexibility index (Phi) is 5.96. The van der Waals surface area contributed by atoms with E-state index in [1.807, 2.05) is 19.2 Å². The van der Waals surface area contributed by atoms with Crippen molar-refractivity contribution in [3.05, 3.63) is 59.7 Å². The minimum absolute atomic E-state index is 0.181. The number of aromatic amines is 2. The van der Waals surface area contributed by atoms with Crippen molar-refractivity contribution in [1.82, 2.24) is 25.1 Å². The van der Waals surface area contributed by atoms with Gasteiger partial charge in [0.2, 0.25) is 0 Å². The molecule has 34 heavy (non-hydrogen) atoms. The van der Waals surface area contributed by atoms with Crippen LogP contribution < -0.4 is 0 Å². The summed E-state index contributed by atoms with van der Waals surface area (Å²) in [4.78, 5) is 10.5. The first kappa shape index (κ1) is 22.3. The Morgan fingerprint density at radius 3 is 2.74 bits per heavy atom. The van der Waals surface area contributed by atoms with Crippen LogP contribution in [0.3, 0.4) is 0 Å². The molecule has 0 atom stereocenters. The number of H-pyrrole nitrogens is 2. The Morgan fingerprint density at radius 2 is 2.00 bits per heavy atom. The third-order valence-corrected chi connectivity index (χ3v) is 6.48. The quantitative estimate of drug-likeness (QED) is 0.342. The molecule has 0 fully saturated rings. The van der Waals surface area contributed by atoms with Crippen LogP contribution in [0.25, 0.3) is 39.1 Å². The van der Waals surface area contributed by atoms with Gasteiger partial charge in [0.05, 0.1) is 5.69 Å². The Balaban J connectivity index is 1.45. The summed E-state index contributed by atoms with van der Waals surface area (Å²) < 4.78 is 15.5. The van der Waals surface area contributed by atoms with Crippen molar-refractivity contribution >= 4 is 16.5 Å². The molecule has 176 valence electrons. The van der Waals surface area contributed by atoms with Crippen LogP contribution in [0.1, 0.15) is 38.4 Å². The minimum atomic E-state index is -0.358. The first-order valence-corrected chi connectivity index (χ1v) is 11.9. The lowest BCUT2D eigenvalue weighted by Crippen LogP contribution is -2.31. The molecule has 3 heterocycles.